The molecule has 0 amide bonds. The topological polar surface area (TPSA) is 32.5 Å². The fourth-order valence-corrected chi connectivity index (χ4v) is 2.02. The fourth-order valence-electron chi connectivity index (χ4n) is 2.02. The molecular weight excluding hydrogens is 126 g/mol. The van der Waals surface area contributed by atoms with E-state index in [1.165, 1.54) is 25.9 Å². The molecule has 0 unspecified atom stereocenters. The Kier molecular flexibility index (Phi) is 1.64. The third-order valence-electron chi connectivity index (χ3n) is 2.62. The van der Waals surface area contributed by atoms with Gasteiger partial charge in [0.1, 0.15) is 0 Å². The Morgan fingerprint density at radius 1 is 1.20 bits per heavy atom. The average molecular weight is 141 g/mol. The maximum atomic E-state index is 5.70. The van der Waals surface area contributed by atoms with E-state index in [9.17, 15) is 0 Å². The summed E-state index contributed by atoms with van der Waals surface area (Å²) in [5.74, 6) is 5.70. The highest BCUT2D eigenvalue weighted by molar-refractivity contribution is 4.84. The Labute approximate surface area is 61.7 Å². The van der Waals surface area contributed by atoms with Crippen LogP contribution < -0.4 is 5.84 Å². The van der Waals surface area contributed by atoms with Gasteiger partial charge in [-0.1, -0.05) is 0 Å². The lowest BCUT2D eigenvalue weighted by Crippen LogP contribution is -2.52. The second-order valence-corrected chi connectivity index (χ2v) is 3.33. The number of fused-ring (bicyclic) bond motifs is 1. The number of hydrogen-bond acceptors (Lipinski definition) is 3. The van der Waals surface area contributed by atoms with E-state index in [4.69, 9.17) is 5.84 Å². The molecule has 3 nitrogen and oxygen atoms in total. The molecule has 10 heavy (non-hydrogen) atoms. The highest BCUT2D eigenvalue weighted by Gasteiger charge is 2.28. The summed E-state index contributed by atoms with van der Waals surface area (Å²) in [7, 11) is 0. The molecule has 0 aromatic carbocycles. The van der Waals surface area contributed by atoms with Crippen molar-refractivity contribution in [3.05, 3.63) is 0 Å². The molecule has 0 radical (unpaired) electrons. The quantitative estimate of drug-likeness (QED) is 0.468. The van der Waals surface area contributed by atoms with Gasteiger partial charge in [-0.25, -0.2) is 5.01 Å². The summed E-state index contributed by atoms with van der Waals surface area (Å²) < 4.78 is 0. The molecule has 2 aliphatic heterocycles. The Morgan fingerprint density at radius 3 is 3.00 bits per heavy atom. The highest BCUT2D eigenvalue weighted by atomic mass is 15.4. The molecule has 2 fully saturated rings. The zero-order valence-electron chi connectivity index (χ0n) is 6.29. The molecule has 2 heterocycles. The van der Waals surface area contributed by atoms with Crippen molar-refractivity contribution in [1.29, 1.82) is 0 Å². The van der Waals surface area contributed by atoms with Crippen molar-refractivity contribution in [1.82, 2.24) is 9.91 Å². The molecule has 0 saturated carbocycles. The van der Waals surface area contributed by atoms with Crippen LogP contribution in [0.2, 0.25) is 0 Å². The van der Waals surface area contributed by atoms with E-state index in [-0.39, 0.29) is 0 Å². The number of nitrogens with two attached hydrogens (primary N) is 1. The Hall–Kier alpha value is -0.120. The Morgan fingerprint density at radius 2 is 2.10 bits per heavy atom. The number of rotatable bonds is 0. The average Bonchev–Trinajstić information content (AvgIpc) is 2.33. The molecule has 2 rings (SSSR count). The molecule has 2 N–H and O–H groups in total. The third-order valence-corrected chi connectivity index (χ3v) is 2.62. The van der Waals surface area contributed by atoms with E-state index in [1.54, 1.807) is 0 Å². The lowest BCUT2D eigenvalue weighted by atomic mass is 10.2. The zero-order valence-corrected chi connectivity index (χ0v) is 6.29. The maximum Gasteiger partial charge on any atom is 0.0285 e. The highest BCUT2D eigenvalue weighted by Crippen LogP contribution is 2.19. The number of nitrogens with zero attached hydrogens (tertiary/aromatic N) is 2. The van der Waals surface area contributed by atoms with E-state index < -0.39 is 0 Å². The Balaban J connectivity index is 1.96. The Bertz CT molecular complexity index is 126. The summed E-state index contributed by atoms with van der Waals surface area (Å²) >= 11 is 0. The van der Waals surface area contributed by atoms with Crippen LogP contribution in [-0.4, -0.2) is 42.1 Å². The van der Waals surface area contributed by atoms with E-state index >= 15 is 0 Å². The molecule has 0 spiro atoms. The van der Waals surface area contributed by atoms with Gasteiger partial charge in [0.05, 0.1) is 0 Å². The summed E-state index contributed by atoms with van der Waals surface area (Å²) in [5, 5.41) is 1.95. The van der Waals surface area contributed by atoms with E-state index in [1.807, 2.05) is 5.01 Å². The predicted molar refractivity (Wildman–Crippen MR) is 40.4 cm³/mol. The molecule has 0 aromatic heterocycles. The smallest absolute Gasteiger partial charge is 0.0285 e. The van der Waals surface area contributed by atoms with Crippen molar-refractivity contribution in [3.8, 4) is 0 Å². The van der Waals surface area contributed by atoms with Crippen LogP contribution in [-0.2, 0) is 0 Å². The number of hydrazine groups is 1. The van der Waals surface area contributed by atoms with Gasteiger partial charge in [0.2, 0.25) is 0 Å². The van der Waals surface area contributed by atoms with Gasteiger partial charge >= 0.3 is 0 Å². The molecule has 58 valence electrons. The van der Waals surface area contributed by atoms with Crippen LogP contribution in [0.5, 0.6) is 0 Å². The summed E-state index contributed by atoms with van der Waals surface area (Å²) in [6.45, 7) is 4.62. The molecule has 3 heteroatoms. The standard InChI is InChI=1S/C7H15N3/c8-10-5-4-9-3-1-2-7(9)6-10/h7H,1-6,8H2/t7-/m1/s1. The van der Waals surface area contributed by atoms with Crippen LogP contribution in [0.15, 0.2) is 0 Å². The van der Waals surface area contributed by atoms with Crippen molar-refractivity contribution < 1.29 is 0 Å². The monoisotopic (exact) mass is 141 g/mol. The molecule has 0 aromatic rings. The largest absolute Gasteiger partial charge is 0.298 e. The van der Waals surface area contributed by atoms with Gasteiger partial charge < -0.3 is 0 Å². The zero-order chi connectivity index (χ0) is 6.97. The van der Waals surface area contributed by atoms with E-state index in [2.05, 4.69) is 4.90 Å². The maximum absolute atomic E-state index is 5.70. The summed E-state index contributed by atoms with van der Waals surface area (Å²) in [6.07, 6.45) is 2.73. The first-order chi connectivity index (χ1) is 4.86. The molecule has 1 atom stereocenters. The normalized spacial score (nSPS) is 36.3. The van der Waals surface area contributed by atoms with Crippen LogP contribution >= 0.6 is 0 Å². The van der Waals surface area contributed by atoms with Crippen molar-refractivity contribution >= 4 is 0 Å². The summed E-state index contributed by atoms with van der Waals surface area (Å²) in [5.41, 5.74) is 0. The van der Waals surface area contributed by atoms with Crippen LogP contribution in [0.4, 0.5) is 0 Å². The third kappa shape index (κ3) is 1.05. The van der Waals surface area contributed by atoms with Crippen molar-refractivity contribution in [2.45, 2.75) is 18.9 Å². The molecule has 2 aliphatic rings. The van der Waals surface area contributed by atoms with Gasteiger partial charge in [0.25, 0.3) is 0 Å². The van der Waals surface area contributed by atoms with Gasteiger partial charge in [-0.05, 0) is 19.4 Å². The number of hydrogen-bond donors (Lipinski definition) is 1. The lowest BCUT2D eigenvalue weighted by Gasteiger charge is -2.34. The van der Waals surface area contributed by atoms with E-state index in [0.29, 0.717) is 0 Å². The van der Waals surface area contributed by atoms with Crippen LogP contribution in [0, 0.1) is 0 Å². The SMILES string of the molecule is NN1CCN2CCC[C@@H]2C1. The molecule has 0 aliphatic carbocycles. The molecular formula is C7H15N3. The van der Waals surface area contributed by atoms with Gasteiger partial charge in [0.15, 0.2) is 0 Å². The van der Waals surface area contributed by atoms with Gasteiger partial charge in [-0.15, -0.1) is 0 Å². The second-order valence-electron chi connectivity index (χ2n) is 3.33. The van der Waals surface area contributed by atoms with Gasteiger partial charge in [-0.2, -0.15) is 0 Å². The van der Waals surface area contributed by atoms with Gasteiger partial charge in [0, 0.05) is 25.7 Å². The van der Waals surface area contributed by atoms with Crippen molar-refractivity contribution in [2.24, 2.45) is 5.84 Å². The van der Waals surface area contributed by atoms with Crippen molar-refractivity contribution in [2.75, 3.05) is 26.2 Å². The fraction of sp³-hybridized carbons (Fsp3) is 1.00. The predicted octanol–water partition coefficient (Wildman–Crippen LogP) is -0.360. The first kappa shape index (κ1) is 6.58. The minimum absolute atomic E-state index is 0.777. The van der Waals surface area contributed by atoms with Crippen molar-refractivity contribution in [3.63, 3.8) is 0 Å². The minimum atomic E-state index is 0.777. The summed E-state index contributed by atoms with van der Waals surface area (Å²) in [4.78, 5) is 2.56. The van der Waals surface area contributed by atoms with Crippen LogP contribution in [0.3, 0.4) is 0 Å². The number of piperazine rings is 1. The van der Waals surface area contributed by atoms with Gasteiger partial charge in [-0.3, -0.25) is 10.7 Å². The first-order valence-electron chi connectivity index (χ1n) is 4.10. The van der Waals surface area contributed by atoms with Crippen LogP contribution in [0.25, 0.3) is 0 Å². The molecule has 2 saturated heterocycles. The first-order valence-corrected chi connectivity index (χ1v) is 4.10. The minimum Gasteiger partial charge on any atom is -0.298 e. The van der Waals surface area contributed by atoms with Crippen LogP contribution in [0.1, 0.15) is 12.8 Å². The summed E-state index contributed by atoms with van der Waals surface area (Å²) in [6, 6.07) is 0.777. The second kappa shape index (κ2) is 2.49. The van der Waals surface area contributed by atoms with E-state index in [0.717, 1.165) is 19.1 Å². The molecule has 0 bridgehead atoms. The lowest BCUT2D eigenvalue weighted by molar-refractivity contribution is 0.105.